The molecule has 5 nitrogen and oxygen atoms in total. The molecule has 0 aliphatic rings. The lowest BCUT2D eigenvalue weighted by Crippen LogP contribution is -2.23. The Bertz CT molecular complexity index is 1160. The molecule has 0 aliphatic carbocycles. The fourth-order valence-electron chi connectivity index (χ4n) is 3.18. The molecule has 1 aromatic carbocycles. The van der Waals surface area contributed by atoms with Crippen molar-refractivity contribution in [2.75, 3.05) is 0 Å². The molecule has 0 atom stereocenters. The number of rotatable bonds is 6. The first-order valence-electron chi connectivity index (χ1n) is 9.23. The second-order valence-corrected chi connectivity index (χ2v) is 7.61. The van der Waals surface area contributed by atoms with Gasteiger partial charge in [-0.25, -0.2) is 9.97 Å². The molecule has 138 valence electrons. The van der Waals surface area contributed by atoms with Crippen molar-refractivity contribution in [3.63, 3.8) is 0 Å². The van der Waals surface area contributed by atoms with Crippen molar-refractivity contribution >= 4 is 28.3 Å². The summed E-state index contributed by atoms with van der Waals surface area (Å²) in [4.78, 5) is 22.4. The Hall–Kier alpha value is -2.60. The van der Waals surface area contributed by atoms with Crippen LogP contribution in [-0.2, 0) is 12.3 Å². The van der Waals surface area contributed by atoms with Gasteiger partial charge < -0.3 is 4.40 Å². The van der Waals surface area contributed by atoms with E-state index in [0.717, 1.165) is 40.4 Å². The second kappa shape index (κ2) is 7.56. The SMILES string of the molecule is CCCCn1c(SCc2cn3cccc(C)c3n2)nc2ccccc2c1=O. The molecule has 0 aliphatic heterocycles. The van der Waals surface area contributed by atoms with Crippen molar-refractivity contribution in [1.82, 2.24) is 18.9 Å². The first-order chi connectivity index (χ1) is 13.2. The summed E-state index contributed by atoms with van der Waals surface area (Å²) in [6.07, 6.45) is 6.05. The third kappa shape index (κ3) is 3.49. The van der Waals surface area contributed by atoms with Crippen molar-refractivity contribution < 1.29 is 0 Å². The van der Waals surface area contributed by atoms with Crippen molar-refractivity contribution in [3.05, 3.63) is 70.4 Å². The van der Waals surface area contributed by atoms with Gasteiger partial charge in [0.1, 0.15) is 5.65 Å². The van der Waals surface area contributed by atoms with E-state index in [9.17, 15) is 4.79 Å². The molecule has 27 heavy (non-hydrogen) atoms. The average molecular weight is 379 g/mol. The highest BCUT2D eigenvalue weighted by Gasteiger charge is 2.12. The molecule has 0 spiro atoms. The molecule has 0 saturated heterocycles. The molecule has 0 bridgehead atoms. The number of unbranched alkanes of at least 4 members (excludes halogenated alkanes) is 1. The maximum Gasteiger partial charge on any atom is 0.262 e. The van der Waals surface area contributed by atoms with Crippen LogP contribution in [0.4, 0.5) is 0 Å². The van der Waals surface area contributed by atoms with Gasteiger partial charge >= 0.3 is 0 Å². The second-order valence-electron chi connectivity index (χ2n) is 6.66. The summed E-state index contributed by atoms with van der Waals surface area (Å²) in [5.41, 5.74) is 3.91. The quantitative estimate of drug-likeness (QED) is 0.367. The normalized spacial score (nSPS) is 11.5. The molecule has 0 radical (unpaired) electrons. The fourth-order valence-corrected chi connectivity index (χ4v) is 4.09. The largest absolute Gasteiger partial charge is 0.307 e. The number of benzene rings is 1. The van der Waals surface area contributed by atoms with Crippen molar-refractivity contribution in [2.24, 2.45) is 0 Å². The minimum atomic E-state index is 0.0439. The molecule has 0 amide bonds. The van der Waals surface area contributed by atoms with E-state index in [4.69, 9.17) is 9.97 Å². The first-order valence-corrected chi connectivity index (χ1v) is 10.2. The van der Waals surface area contributed by atoms with Crippen LogP contribution in [0.5, 0.6) is 0 Å². The van der Waals surface area contributed by atoms with Gasteiger partial charge in [0.2, 0.25) is 0 Å². The van der Waals surface area contributed by atoms with Crippen molar-refractivity contribution in [3.8, 4) is 0 Å². The Balaban J connectivity index is 1.69. The summed E-state index contributed by atoms with van der Waals surface area (Å²) >= 11 is 1.58. The number of nitrogens with zero attached hydrogens (tertiary/aromatic N) is 4. The third-order valence-corrected chi connectivity index (χ3v) is 5.65. The van der Waals surface area contributed by atoms with Gasteiger partial charge in [-0.2, -0.15) is 0 Å². The van der Waals surface area contributed by atoms with Crippen LogP contribution in [0.15, 0.2) is 58.7 Å². The van der Waals surface area contributed by atoms with E-state index in [1.807, 2.05) is 51.7 Å². The Labute approximate surface area is 162 Å². The highest BCUT2D eigenvalue weighted by Crippen LogP contribution is 2.23. The molecule has 6 heteroatoms. The van der Waals surface area contributed by atoms with E-state index < -0.39 is 0 Å². The zero-order valence-corrected chi connectivity index (χ0v) is 16.4. The van der Waals surface area contributed by atoms with Crippen LogP contribution in [0.25, 0.3) is 16.6 Å². The predicted molar refractivity (Wildman–Crippen MR) is 110 cm³/mol. The van der Waals surface area contributed by atoms with Crippen LogP contribution in [0, 0.1) is 6.92 Å². The number of thioether (sulfide) groups is 1. The third-order valence-electron chi connectivity index (χ3n) is 4.64. The summed E-state index contributed by atoms with van der Waals surface area (Å²) in [7, 11) is 0. The van der Waals surface area contributed by atoms with Crippen LogP contribution in [0.2, 0.25) is 0 Å². The molecule has 0 N–H and O–H groups in total. The van der Waals surface area contributed by atoms with Crippen LogP contribution in [0.3, 0.4) is 0 Å². The van der Waals surface area contributed by atoms with Crippen LogP contribution in [0.1, 0.15) is 31.0 Å². The van der Waals surface area contributed by atoms with E-state index in [1.165, 1.54) is 0 Å². The Morgan fingerprint density at radius 3 is 2.78 bits per heavy atom. The Morgan fingerprint density at radius 1 is 1.11 bits per heavy atom. The number of aromatic nitrogens is 4. The Morgan fingerprint density at radius 2 is 1.96 bits per heavy atom. The number of para-hydroxylation sites is 1. The van der Waals surface area contributed by atoms with Crippen LogP contribution < -0.4 is 5.56 Å². The van der Waals surface area contributed by atoms with Gasteiger partial charge in [0, 0.05) is 24.7 Å². The predicted octanol–water partition coefficient (Wildman–Crippen LogP) is 4.45. The Kier molecular flexibility index (Phi) is 4.99. The number of aryl methyl sites for hydroxylation is 1. The molecule has 4 rings (SSSR count). The molecule has 3 heterocycles. The van der Waals surface area contributed by atoms with E-state index in [2.05, 4.69) is 19.9 Å². The monoisotopic (exact) mass is 378 g/mol. The number of hydrogen-bond donors (Lipinski definition) is 0. The minimum absolute atomic E-state index is 0.0439. The van der Waals surface area contributed by atoms with Crippen molar-refractivity contribution in [2.45, 2.75) is 44.1 Å². The van der Waals surface area contributed by atoms with Gasteiger partial charge in [0.25, 0.3) is 5.56 Å². The van der Waals surface area contributed by atoms with Crippen LogP contribution in [-0.4, -0.2) is 18.9 Å². The average Bonchev–Trinajstić information content (AvgIpc) is 3.10. The highest BCUT2D eigenvalue weighted by atomic mass is 32.2. The molecule has 0 saturated carbocycles. The van der Waals surface area contributed by atoms with Crippen molar-refractivity contribution in [1.29, 1.82) is 0 Å². The summed E-state index contributed by atoms with van der Waals surface area (Å²) in [6.45, 7) is 4.89. The zero-order chi connectivity index (χ0) is 18.8. The summed E-state index contributed by atoms with van der Waals surface area (Å²) in [5.74, 6) is 0.679. The molecular formula is C21H22N4OS. The summed E-state index contributed by atoms with van der Waals surface area (Å²) in [5, 5.41) is 1.45. The van der Waals surface area contributed by atoms with Gasteiger partial charge in [-0.3, -0.25) is 9.36 Å². The topological polar surface area (TPSA) is 52.2 Å². The number of pyridine rings is 1. The smallest absolute Gasteiger partial charge is 0.262 e. The summed E-state index contributed by atoms with van der Waals surface area (Å²) in [6, 6.07) is 11.7. The maximum atomic E-state index is 12.9. The minimum Gasteiger partial charge on any atom is -0.307 e. The molecule has 0 fully saturated rings. The summed E-state index contributed by atoms with van der Waals surface area (Å²) < 4.78 is 3.86. The zero-order valence-electron chi connectivity index (χ0n) is 15.6. The first kappa shape index (κ1) is 17.8. The maximum absolute atomic E-state index is 12.9. The lowest BCUT2D eigenvalue weighted by atomic mass is 10.2. The van der Waals surface area contributed by atoms with E-state index in [-0.39, 0.29) is 5.56 Å². The molecule has 4 aromatic rings. The van der Waals surface area contributed by atoms with Gasteiger partial charge in [-0.05, 0) is 37.1 Å². The van der Waals surface area contributed by atoms with E-state index in [0.29, 0.717) is 17.7 Å². The fraction of sp³-hybridized carbons (Fsp3) is 0.286. The number of hydrogen-bond acceptors (Lipinski definition) is 4. The number of fused-ring (bicyclic) bond motifs is 2. The van der Waals surface area contributed by atoms with Gasteiger partial charge in [0.15, 0.2) is 5.16 Å². The van der Waals surface area contributed by atoms with Gasteiger partial charge in [-0.1, -0.05) is 43.3 Å². The van der Waals surface area contributed by atoms with E-state index in [1.54, 1.807) is 11.8 Å². The van der Waals surface area contributed by atoms with E-state index >= 15 is 0 Å². The lowest BCUT2D eigenvalue weighted by Gasteiger charge is -2.12. The molecular weight excluding hydrogens is 356 g/mol. The highest BCUT2D eigenvalue weighted by molar-refractivity contribution is 7.98. The van der Waals surface area contributed by atoms with Gasteiger partial charge in [-0.15, -0.1) is 0 Å². The molecule has 0 unspecified atom stereocenters. The standard InChI is InChI=1S/C21H22N4OS/c1-3-4-12-25-20(26)17-9-5-6-10-18(17)23-21(25)27-14-16-13-24-11-7-8-15(2)19(24)22-16/h5-11,13H,3-4,12,14H2,1-2H3. The lowest BCUT2D eigenvalue weighted by molar-refractivity contribution is 0.557. The van der Waals surface area contributed by atoms with Gasteiger partial charge in [0.05, 0.1) is 16.6 Å². The van der Waals surface area contributed by atoms with Crippen LogP contribution >= 0.6 is 11.8 Å². The molecule has 3 aromatic heterocycles. The number of imidazole rings is 1.